The summed E-state index contributed by atoms with van der Waals surface area (Å²) in [5.74, 6) is 0.859. The summed E-state index contributed by atoms with van der Waals surface area (Å²) in [5, 5.41) is 30.4. The highest BCUT2D eigenvalue weighted by atomic mass is 19.4. The molecule has 0 spiro atoms. The first-order valence-corrected chi connectivity index (χ1v) is 10.9. The van der Waals surface area contributed by atoms with Gasteiger partial charge in [-0.25, -0.2) is 0 Å². The van der Waals surface area contributed by atoms with Crippen LogP contribution in [0.2, 0.25) is 0 Å². The minimum atomic E-state index is -4.79. The first-order chi connectivity index (χ1) is 14.5. The molecule has 0 heterocycles. The number of benzene rings is 1. The summed E-state index contributed by atoms with van der Waals surface area (Å²) in [7, 11) is 0. The van der Waals surface area contributed by atoms with E-state index >= 15 is 0 Å². The number of hydrogen-bond donors (Lipinski definition) is 2. The van der Waals surface area contributed by atoms with Crippen LogP contribution in [-0.4, -0.2) is 44.8 Å². The van der Waals surface area contributed by atoms with E-state index in [9.17, 15) is 28.6 Å². The third-order valence-corrected chi connectivity index (χ3v) is 6.97. The molecule has 168 valence electrons. The van der Waals surface area contributed by atoms with Gasteiger partial charge in [0.25, 0.3) is 0 Å². The normalized spacial score (nSPS) is 29.2. The standard InChI is InChI=1S/C23H28F3N3O2/c1-21(30,23(24,25)26)16-4-2-15(3-5-16)20(29(14-27)19-8-9-19)28-18-10-12-22(31,13-11-18)17-6-7-17/h2-5,17-19,30-31H,6-13H2,1H3. The fraction of sp³-hybridized carbons (Fsp3) is 0.652. The van der Waals surface area contributed by atoms with Crippen molar-refractivity contribution in [3.63, 3.8) is 0 Å². The molecule has 3 fully saturated rings. The van der Waals surface area contributed by atoms with Crippen LogP contribution in [0.5, 0.6) is 0 Å². The summed E-state index contributed by atoms with van der Waals surface area (Å²) in [5.41, 5.74) is -3.25. The lowest BCUT2D eigenvalue weighted by Crippen LogP contribution is -2.39. The van der Waals surface area contributed by atoms with Crippen LogP contribution < -0.4 is 0 Å². The second-order valence-electron chi connectivity index (χ2n) is 9.41. The Hall–Kier alpha value is -2.11. The molecule has 1 aromatic rings. The summed E-state index contributed by atoms with van der Waals surface area (Å²) in [6.07, 6.45) is 4.11. The second kappa shape index (κ2) is 7.79. The summed E-state index contributed by atoms with van der Waals surface area (Å²) in [6, 6.07) is 5.49. The van der Waals surface area contributed by atoms with E-state index in [0.29, 0.717) is 30.2 Å². The third-order valence-electron chi connectivity index (χ3n) is 6.97. The Balaban J connectivity index is 1.59. The highest BCUT2D eigenvalue weighted by Crippen LogP contribution is 2.47. The summed E-state index contributed by atoms with van der Waals surface area (Å²) < 4.78 is 39.5. The van der Waals surface area contributed by atoms with Crippen molar-refractivity contribution in [3.8, 4) is 6.19 Å². The summed E-state index contributed by atoms with van der Waals surface area (Å²) in [6.45, 7) is 0.728. The van der Waals surface area contributed by atoms with Gasteiger partial charge in [-0.05, 0) is 69.8 Å². The van der Waals surface area contributed by atoms with Crippen molar-refractivity contribution in [1.29, 1.82) is 5.26 Å². The fourth-order valence-corrected chi connectivity index (χ4v) is 4.45. The molecule has 0 amide bonds. The predicted octanol–water partition coefficient (Wildman–Crippen LogP) is 4.23. The van der Waals surface area contributed by atoms with Crippen molar-refractivity contribution in [1.82, 2.24) is 4.90 Å². The maximum absolute atomic E-state index is 13.2. The van der Waals surface area contributed by atoms with Crippen molar-refractivity contribution < 1.29 is 23.4 Å². The van der Waals surface area contributed by atoms with Gasteiger partial charge in [0.05, 0.1) is 11.6 Å². The van der Waals surface area contributed by atoms with E-state index < -0.39 is 17.4 Å². The zero-order chi connectivity index (χ0) is 22.4. The number of nitriles is 1. The average molecular weight is 435 g/mol. The lowest BCUT2D eigenvalue weighted by atomic mass is 9.79. The number of halogens is 3. The van der Waals surface area contributed by atoms with Crippen LogP contribution in [0.25, 0.3) is 0 Å². The third kappa shape index (κ3) is 4.44. The average Bonchev–Trinajstić information content (AvgIpc) is 3.62. The van der Waals surface area contributed by atoms with Crippen molar-refractivity contribution in [2.75, 3.05) is 0 Å². The molecule has 3 aliphatic rings. The van der Waals surface area contributed by atoms with Crippen LogP contribution in [0.15, 0.2) is 29.3 Å². The van der Waals surface area contributed by atoms with Gasteiger partial charge in [0.2, 0.25) is 0 Å². The zero-order valence-electron chi connectivity index (χ0n) is 17.6. The van der Waals surface area contributed by atoms with Gasteiger partial charge in [0, 0.05) is 11.6 Å². The van der Waals surface area contributed by atoms with E-state index in [1.807, 2.05) is 0 Å². The topological polar surface area (TPSA) is 79.9 Å². The van der Waals surface area contributed by atoms with Crippen LogP contribution >= 0.6 is 0 Å². The molecular formula is C23H28F3N3O2. The lowest BCUT2D eigenvalue weighted by Gasteiger charge is -2.35. The van der Waals surface area contributed by atoms with Crippen molar-refractivity contribution >= 4 is 5.84 Å². The monoisotopic (exact) mass is 435 g/mol. The van der Waals surface area contributed by atoms with Crippen LogP contribution in [0.4, 0.5) is 13.2 Å². The van der Waals surface area contributed by atoms with E-state index in [2.05, 4.69) is 6.19 Å². The van der Waals surface area contributed by atoms with E-state index in [1.165, 1.54) is 24.3 Å². The number of amidine groups is 1. The molecule has 0 aromatic heterocycles. The van der Waals surface area contributed by atoms with E-state index in [4.69, 9.17) is 4.99 Å². The van der Waals surface area contributed by atoms with Gasteiger partial charge in [-0.3, -0.25) is 9.89 Å². The van der Waals surface area contributed by atoms with Crippen molar-refractivity contribution in [3.05, 3.63) is 35.4 Å². The minimum absolute atomic E-state index is 0.0402. The number of aliphatic hydroxyl groups is 2. The molecule has 0 bridgehead atoms. The Morgan fingerprint density at radius 3 is 2.13 bits per heavy atom. The molecule has 5 nitrogen and oxygen atoms in total. The van der Waals surface area contributed by atoms with Gasteiger partial charge in [-0.15, -0.1) is 0 Å². The van der Waals surface area contributed by atoms with Crippen molar-refractivity contribution in [2.24, 2.45) is 10.9 Å². The predicted molar refractivity (Wildman–Crippen MR) is 109 cm³/mol. The molecule has 0 saturated heterocycles. The quantitative estimate of drug-likeness (QED) is 0.314. The molecule has 3 aliphatic carbocycles. The van der Waals surface area contributed by atoms with Crippen LogP contribution in [0, 0.1) is 17.4 Å². The molecule has 31 heavy (non-hydrogen) atoms. The smallest absolute Gasteiger partial charge is 0.390 e. The highest BCUT2D eigenvalue weighted by Gasteiger charge is 2.51. The van der Waals surface area contributed by atoms with Crippen LogP contribution in [0.3, 0.4) is 0 Å². The Morgan fingerprint density at radius 1 is 1.10 bits per heavy atom. The molecule has 1 unspecified atom stereocenters. The van der Waals surface area contributed by atoms with E-state index in [-0.39, 0.29) is 17.6 Å². The number of hydrogen-bond acceptors (Lipinski definition) is 4. The molecule has 1 aromatic carbocycles. The van der Waals surface area contributed by atoms with Gasteiger partial charge in [-0.2, -0.15) is 18.4 Å². The molecular weight excluding hydrogens is 407 g/mol. The SMILES string of the molecule is CC(O)(c1ccc(C(=NC2CCC(O)(C3CC3)CC2)N(C#N)C2CC2)cc1)C(F)(F)F. The summed E-state index contributed by atoms with van der Waals surface area (Å²) >= 11 is 0. The first-order valence-electron chi connectivity index (χ1n) is 10.9. The molecule has 3 saturated carbocycles. The maximum Gasteiger partial charge on any atom is 0.421 e. The lowest BCUT2D eigenvalue weighted by molar-refractivity contribution is -0.258. The van der Waals surface area contributed by atoms with Gasteiger partial charge in [0.1, 0.15) is 5.84 Å². The van der Waals surface area contributed by atoms with Gasteiger partial charge in [0.15, 0.2) is 11.8 Å². The Morgan fingerprint density at radius 2 is 1.68 bits per heavy atom. The Bertz CT molecular complexity index is 873. The second-order valence-corrected chi connectivity index (χ2v) is 9.41. The number of aliphatic imine (C=N–C) groups is 1. The molecule has 0 aliphatic heterocycles. The molecule has 0 radical (unpaired) electrons. The number of nitrogens with zero attached hydrogens (tertiary/aromatic N) is 3. The molecule has 4 rings (SSSR count). The Kier molecular flexibility index (Phi) is 5.55. The molecule has 8 heteroatoms. The maximum atomic E-state index is 13.2. The number of alkyl halides is 3. The Labute approximate surface area is 180 Å². The van der Waals surface area contributed by atoms with E-state index in [0.717, 1.165) is 45.4 Å². The highest BCUT2D eigenvalue weighted by molar-refractivity contribution is 6.00. The van der Waals surface area contributed by atoms with E-state index in [1.54, 1.807) is 4.90 Å². The van der Waals surface area contributed by atoms with Crippen molar-refractivity contribution in [2.45, 2.75) is 87.8 Å². The van der Waals surface area contributed by atoms with Gasteiger partial charge >= 0.3 is 6.18 Å². The largest absolute Gasteiger partial charge is 0.421 e. The minimum Gasteiger partial charge on any atom is -0.390 e. The molecule has 1 atom stereocenters. The zero-order valence-corrected chi connectivity index (χ0v) is 17.6. The van der Waals surface area contributed by atoms with Crippen LogP contribution in [0.1, 0.15) is 69.4 Å². The molecule has 2 N–H and O–H groups in total. The van der Waals surface area contributed by atoms with Gasteiger partial charge in [-0.1, -0.05) is 24.3 Å². The van der Waals surface area contributed by atoms with Crippen LogP contribution in [-0.2, 0) is 5.60 Å². The number of rotatable bonds is 5. The first kappa shape index (κ1) is 22.1. The summed E-state index contributed by atoms with van der Waals surface area (Å²) in [4.78, 5) is 6.40. The van der Waals surface area contributed by atoms with Gasteiger partial charge < -0.3 is 10.2 Å². The fourth-order valence-electron chi connectivity index (χ4n) is 4.45.